The van der Waals surface area contributed by atoms with Crippen LogP contribution in [0.1, 0.15) is 26.2 Å². The molecule has 0 amide bonds. The van der Waals surface area contributed by atoms with Gasteiger partial charge in [-0.15, -0.1) is 0 Å². The molecule has 1 nitrogen and oxygen atoms in total. The van der Waals surface area contributed by atoms with E-state index < -0.39 is 0 Å². The van der Waals surface area contributed by atoms with Crippen LogP contribution in [0.4, 0.5) is 0 Å². The summed E-state index contributed by atoms with van der Waals surface area (Å²) in [5, 5.41) is 0. The third kappa shape index (κ3) is 1.68. The quantitative estimate of drug-likeness (QED) is 0.583. The van der Waals surface area contributed by atoms with Crippen molar-refractivity contribution in [2.75, 3.05) is 0 Å². The number of hydrogen-bond donors (Lipinski definition) is 1. The number of hydrogen-bond acceptors (Lipinski definition) is 1. The lowest BCUT2D eigenvalue weighted by atomic mass is 9.87. The SMILES string of the molecule is CC1CCCC(N)C1Br. The molecule has 0 aliphatic heterocycles. The van der Waals surface area contributed by atoms with Gasteiger partial charge in [0, 0.05) is 10.9 Å². The summed E-state index contributed by atoms with van der Waals surface area (Å²) in [4.78, 5) is 0.561. The second-order valence-corrected chi connectivity index (χ2v) is 4.07. The van der Waals surface area contributed by atoms with Crippen LogP contribution in [0.15, 0.2) is 0 Å². The Bertz CT molecular complexity index is 84.9. The van der Waals surface area contributed by atoms with Crippen LogP contribution >= 0.6 is 15.9 Å². The Morgan fingerprint density at radius 3 is 2.56 bits per heavy atom. The fraction of sp³-hybridized carbons (Fsp3) is 1.00. The Balaban J connectivity index is 2.41. The molecule has 2 N–H and O–H groups in total. The molecule has 0 spiro atoms. The normalized spacial score (nSPS) is 45.0. The monoisotopic (exact) mass is 191 g/mol. The van der Waals surface area contributed by atoms with Gasteiger partial charge in [-0.2, -0.15) is 0 Å². The van der Waals surface area contributed by atoms with E-state index in [0.717, 1.165) is 5.92 Å². The zero-order valence-corrected chi connectivity index (χ0v) is 7.39. The average Bonchev–Trinajstić information content (AvgIpc) is 1.83. The van der Waals surface area contributed by atoms with E-state index in [0.29, 0.717) is 10.9 Å². The Kier molecular flexibility index (Phi) is 2.53. The van der Waals surface area contributed by atoms with Crippen LogP contribution in [0.2, 0.25) is 0 Å². The summed E-state index contributed by atoms with van der Waals surface area (Å²) >= 11 is 3.59. The first-order chi connectivity index (χ1) is 4.22. The molecule has 3 atom stereocenters. The third-order valence-corrected chi connectivity index (χ3v) is 3.73. The van der Waals surface area contributed by atoms with Crippen molar-refractivity contribution in [3.05, 3.63) is 0 Å². The second-order valence-electron chi connectivity index (χ2n) is 3.02. The Labute approximate surface area is 65.1 Å². The van der Waals surface area contributed by atoms with Crippen LogP contribution in [0.5, 0.6) is 0 Å². The van der Waals surface area contributed by atoms with Crippen LogP contribution in [-0.2, 0) is 0 Å². The van der Waals surface area contributed by atoms with Crippen molar-refractivity contribution >= 4 is 15.9 Å². The lowest BCUT2D eigenvalue weighted by Gasteiger charge is -2.29. The topological polar surface area (TPSA) is 26.0 Å². The molecule has 0 aromatic rings. The fourth-order valence-corrected chi connectivity index (χ4v) is 1.94. The Hall–Kier alpha value is 0.440. The van der Waals surface area contributed by atoms with E-state index >= 15 is 0 Å². The van der Waals surface area contributed by atoms with Crippen LogP contribution in [0, 0.1) is 5.92 Å². The maximum atomic E-state index is 5.82. The molecule has 0 radical (unpaired) electrons. The van der Waals surface area contributed by atoms with Gasteiger partial charge < -0.3 is 5.73 Å². The van der Waals surface area contributed by atoms with Crippen molar-refractivity contribution in [2.24, 2.45) is 11.7 Å². The molecule has 0 heterocycles. The highest BCUT2D eigenvalue weighted by atomic mass is 79.9. The predicted molar refractivity (Wildman–Crippen MR) is 43.7 cm³/mol. The van der Waals surface area contributed by atoms with Crippen molar-refractivity contribution in [3.8, 4) is 0 Å². The number of rotatable bonds is 0. The van der Waals surface area contributed by atoms with E-state index in [1.165, 1.54) is 19.3 Å². The van der Waals surface area contributed by atoms with Gasteiger partial charge in [-0.3, -0.25) is 0 Å². The summed E-state index contributed by atoms with van der Waals surface area (Å²) in [5.74, 6) is 0.772. The van der Waals surface area contributed by atoms with Crippen LogP contribution in [0.3, 0.4) is 0 Å². The molecular formula is C7H14BrN. The van der Waals surface area contributed by atoms with Gasteiger partial charge in [0.1, 0.15) is 0 Å². The molecule has 9 heavy (non-hydrogen) atoms. The van der Waals surface area contributed by atoms with Crippen molar-refractivity contribution in [1.82, 2.24) is 0 Å². The summed E-state index contributed by atoms with van der Waals surface area (Å²) in [6.07, 6.45) is 3.84. The first-order valence-corrected chi connectivity index (χ1v) is 4.53. The van der Waals surface area contributed by atoms with Crippen molar-refractivity contribution in [3.63, 3.8) is 0 Å². The highest BCUT2D eigenvalue weighted by molar-refractivity contribution is 9.09. The Morgan fingerprint density at radius 1 is 1.44 bits per heavy atom. The highest BCUT2D eigenvalue weighted by Gasteiger charge is 2.24. The maximum Gasteiger partial charge on any atom is 0.0322 e. The highest BCUT2D eigenvalue weighted by Crippen LogP contribution is 2.28. The molecule has 54 valence electrons. The Morgan fingerprint density at radius 2 is 2.11 bits per heavy atom. The minimum atomic E-state index is 0.397. The van der Waals surface area contributed by atoms with Crippen LogP contribution < -0.4 is 5.73 Å². The summed E-state index contributed by atoms with van der Waals surface area (Å²) < 4.78 is 0. The fourth-order valence-electron chi connectivity index (χ4n) is 1.42. The summed E-state index contributed by atoms with van der Waals surface area (Å²) in [6, 6.07) is 0.397. The maximum absolute atomic E-state index is 5.82. The molecule has 3 unspecified atom stereocenters. The van der Waals surface area contributed by atoms with Crippen LogP contribution in [0.25, 0.3) is 0 Å². The zero-order chi connectivity index (χ0) is 6.85. The van der Waals surface area contributed by atoms with Gasteiger partial charge in [0.15, 0.2) is 0 Å². The molecule has 1 saturated carbocycles. The summed E-state index contributed by atoms with van der Waals surface area (Å²) in [7, 11) is 0. The first-order valence-electron chi connectivity index (χ1n) is 3.61. The molecular weight excluding hydrogens is 178 g/mol. The summed E-state index contributed by atoms with van der Waals surface area (Å²) in [5.41, 5.74) is 5.82. The standard InChI is InChI=1S/C7H14BrN/c1-5-3-2-4-6(9)7(5)8/h5-7H,2-4,9H2,1H3. The van der Waals surface area contributed by atoms with E-state index in [1.807, 2.05) is 0 Å². The summed E-state index contributed by atoms with van der Waals surface area (Å²) in [6.45, 7) is 2.26. The van der Waals surface area contributed by atoms with Crippen molar-refractivity contribution in [2.45, 2.75) is 37.1 Å². The van der Waals surface area contributed by atoms with E-state index in [2.05, 4.69) is 22.9 Å². The third-order valence-electron chi connectivity index (χ3n) is 2.15. The van der Waals surface area contributed by atoms with E-state index in [9.17, 15) is 0 Å². The first kappa shape index (κ1) is 7.55. The van der Waals surface area contributed by atoms with Crippen molar-refractivity contribution < 1.29 is 0 Å². The van der Waals surface area contributed by atoms with E-state index in [1.54, 1.807) is 0 Å². The molecule has 1 aliphatic rings. The predicted octanol–water partition coefficient (Wildman–Crippen LogP) is 1.90. The second kappa shape index (κ2) is 3.02. The van der Waals surface area contributed by atoms with Gasteiger partial charge in [-0.05, 0) is 18.8 Å². The van der Waals surface area contributed by atoms with Crippen LogP contribution in [-0.4, -0.2) is 10.9 Å². The molecule has 0 bridgehead atoms. The lowest BCUT2D eigenvalue weighted by Crippen LogP contribution is -2.38. The van der Waals surface area contributed by atoms with Gasteiger partial charge in [-0.25, -0.2) is 0 Å². The van der Waals surface area contributed by atoms with Crippen molar-refractivity contribution in [1.29, 1.82) is 0 Å². The molecule has 1 fully saturated rings. The molecule has 0 aromatic heterocycles. The smallest absolute Gasteiger partial charge is 0.0322 e. The molecule has 2 heteroatoms. The van der Waals surface area contributed by atoms with Gasteiger partial charge in [0.25, 0.3) is 0 Å². The van der Waals surface area contributed by atoms with E-state index in [-0.39, 0.29) is 0 Å². The van der Waals surface area contributed by atoms with Gasteiger partial charge in [0.2, 0.25) is 0 Å². The van der Waals surface area contributed by atoms with Gasteiger partial charge >= 0.3 is 0 Å². The average molecular weight is 192 g/mol. The minimum absolute atomic E-state index is 0.397. The molecule has 1 rings (SSSR count). The van der Waals surface area contributed by atoms with Gasteiger partial charge in [0.05, 0.1) is 0 Å². The minimum Gasteiger partial charge on any atom is -0.327 e. The molecule has 1 aliphatic carbocycles. The number of halogens is 1. The number of nitrogens with two attached hydrogens (primary N) is 1. The zero-order valence-electron chi connectivity index (χ0n) is 5.81. The largest absolute Gasteiger partial charge is 0.327 e. The van der Waals surface area contributed by atoms with E-state index in [4.69, 9.17) is 5.73 Å². The molecule has 0 aromatic carbocycles. The molecule has 0 saturated heterocycles. The van der Waals surface area contributed by atoms with Gasteiger partial charge in [-0.1, -0.05) is 29.3 Å². The lowest BCUT2D eigenvalue weighted by molar-refractivity contribution is 0.362. The number of alkyl halides is 1.